The number of aliphatic hydroxyl groups is 2. The summed E-state index contributed by atoms with van der Waals surface area (Å²) in [5.41, 5.74) is 0.0348. The van der Waals surface area contributed by atoms with Crippen LogP contribution in [0.2, 0.25) is 0 Å². The van der Waals surface area contributed by atoms with Crippen LogP contribution in [0.15, 0.2) is 17.9 Å². The number of anilines is 1. The molecule has 5 atom stereocenters. The highest BCUT2D eigenvalue weighted by atomic mass is 32.1. The number of nitrogens with one attached hydrogen (secondary N) is 2. The average Bonchev–Trinajstić information content (AvgIpc) is 3.06. The summed E-state index contributed by atoms with van der Waals surface area (Å²) in [5, 5.41) is 29.5. The van der Waals surface area contributed by atoms with Gasteiger partial charge in [-0.25, -0.2) is 19.9 Å². The predicted molar refractivity (Wildman–Crippen MR) is 109 cm³/mol. The minimum Gasteiger partial charge on any atom is -0.389 e. The Bertz CT molecular complexity index is 1200. The van der Waals surface area contributed by atoms with Gasteiger partial charge in [0.15, 0.2) is 22.0 Å². The van der Waals surface area contributed by atoms with Crippen molar-refractivity contribution in [3.63, 3.8) is 0 Å². The molecule has 5 rings (SSSR count). The second-order valence-corrected chi connectivity index (χ2v) is 8.31. The molecule has 1 amide bonds. The van der Waals surface area contributed by atoms with E-state index in [1.54, 1.807) is 24.1 Å². The van der Waals surface area contributed by atoms with Gasteiger partial charge in [-0.1, -0.05) is 0 Å². The van der Waals surface area contributed by atoms with Crippen LogP contribution in [0.3, 0.4) is 0 Å². The molecule has 0 unspecified atom stereocenters. The molecule has 2 fully saturated rings. The molecule has 4 N–H and O–H groups in total. The van der Waals surface area contributed by atoms with Gasteiger partial charge in [-0.3, -0.25) is 4.79 Å². The van der Waals surface area contributed by atoms with E-state index in [0.717, 1.165) is 0 Å². The third-order valence-electron chi connectivity index (χ3n) is 6.02. The van der Waals surface area contributed by atoms with Gasteiger partial charge in [0.2, 0.25) is 11.7 Å². The molecule has 2 aliphatic carbocycles. The molecule has 0 aromatic carbocycles. The Labute approximate surface area is 175 Å². The van der Waals surface area contributed by atoms with Crippen LogP contribution in [-0.4, -0.2) is 66.9 Å². The van der Waals surface area contributed by atoms with Crippen molar-refractivity contribution in [3.8, 4) is 11.8 Å². The lowest BCUT2D eigenvalue weighted by Gasteiger charge is -2.23. The highest BCUT2D eigenvalue weighted by molar-refractivity contribution is 7.10. The fraction of sp³-hybridized carbons (Fsp3) is 0.421. The number of hydrogen-bond donors (Lipinski definition) is 4. The number of aromatic nitrogens is 5. The molecule has 11 heteroatoms. The smallest absolute Gasteiger partial charge is 0.229 e. The molecule has 3 aromatic rings. The predicted octanol–water partition coefficient (Wildman–Crippen LogP) is -0.247. The van der Waals surface area contributed by atoms with Crippen molar-refractivity contribution in [2.24, 2.45) is 11.3 Å². The molecule has 154 valence electrons. The van der Waals surface area contributed by atoms with E-state index in [-0.39, 0.29) is 17.6 Å². The first kappa shape index (κ1) is 18.9. The maximum Gasteiger partial charge on any atom is 0.229 e. The van der Waals surface area contributed by atoms with Crippen LogP contribution in [0.25, 0.3) is 11.2 Å². The second kappa shape index (κ2) is 6.73. The Morgan fingerprint density at radius 1 is 1.30 bits per heavy atom. The van der Waals surface area contributed by atoms with Crippen molar-refractivity contribution in [1.29, 1.82) is 0 Å². The normalized spacial score (nSPS) is 29.2. The molecule has 0 bridgehead atoms. The Kier molecular flexibility index (Phi) is 4.25. The number of aliphatic hydroxyl groups excluding tert-OH is 2. The van der Waals surface area contributed by atoms with Gasteiger partial charge in [0.1, 0.15) is 6.10 Å². The van der Waals surface area contributed by atoms with Crippen molar-refractivity contribution in [3.05, 3.63) is 28.7 Å². The van der Waals surface area contributed by atoms with Gasteiger partial charge in [-0.15, -0.1) is 11.3 Å². The van der Waals surface area contributed by atoms with Gasteiger partial charge in [-0.05, 0) is 18.3 Å². The van der Waals surface area contributed by atoms with Crippen LogP contribution in [0.5, 0.6) is 0 Å². The fourth-order valence-corrected chi connectivity index (χ4v) is 5.03. The van der Waals surface area contributed by atoms with E-state index in [1.165, 1.54) is 18.4 Å². The zero-order valence-electron chi connectivity index (χ0n) is 16.2. The molecule has 0 saturated heterocycles. The number of nitrogens with zero attached hydrogens (tertiary/aromatic N) is 5. The van der Waals surface area contributed by atoms with Crippen molar-refractivity contribution in [1.82, 2.24) is 29.8 Å². The summed E-state index contributed by atoms with van der Waals surface area (Å²) in [6.45, 7) is 0. The number of carbonyl (C=O) groups is 1. The third-order valence-corrected chi connectivity index (χ3v) is 6.70. The number of imidazole rings is 1. The van der Waals surface area contributed by atoms with E-state index in [1.807, 2.05) is 5.38 Å². The minimum absolute atomic E-state index is 0.210. The van der Waals surface area contributed by atoms with Crippen LogP contribution in [0.4, 0.5) is 5.82 Å². The van der Waals surface area contributed by atoms with Gasteiger partial charge in [0.25, 0.3) is 0 Å². The van der Waals surface area contributed by atoms with Gasteiger partial charge < -0.3 is 25.4 Å². The lowest BCUT2D eigenvalue weighted by atomic mass is 9.98. The molecule has 30 heavy (non-hydrogen) atoms. The van der Waals surface area contributed by atoms with Crippen LogP contribution in [0, 0.1) is 23.2 Å². The first-order chi connectivity index (χ1) is 14.5. The maximum atomic E-state index is 12.4. The van der Waals surface area contributed by atoms with E-state index in [0.29, 0.717) is 28.4 Å². The number of rotatable bonds is 3. The topological polar surface area (TPSA) is 138 Å². The van der Waals surface area contributed by atoms with Crippen molar-refractivity contribution >= 4 is 34.2 Å². The summed E-state index contributed by atoms with van der Waals surface area (Å²) < 4.78 is 1.72. The van der Waals surface area contributed by atoms with E-state index >= 15 is 0 Å². The molecule has 10 nitrogen and oxygen atoms in total. The summed E-state index contributed by atoms with van der Waals surface area (Å²) in [5.74, 6) is 6.17. The monoisotopic (exact) mass is 425 g/mol. The Morgan fingerprint density at radius 2 is 2.13 bits per heavy atom. The molecule has 0 spiro atoms. The van der Waals surface area contributed by atoms with Crippen molar-refractivity contribution in [2.45, 2.75) is 24.7 Å². The molecule has 3 aromatic heterocycles. The van der Waals surface area contributed by atoms with Gasteiger partial charge in [0.05, 0.1) is 23.9 Å². The molecule has 2 aliphatic rings. The number of amides is 1. The van der Waals surface area contributed by atoms with Crippen LogP contribution >= 0.6 is 11.3 Å². The summed E-state index contributed by atoms with van der Waals surface area (Å²) in [6.07, 6.45) is 1.47. The van der Waals surface area contributed by atoms with E-state index in [9.17, 15) is 15.0 Å². The lowest BCUT2D eigenvalue weighted by molar-refractivity contribution is -0.132. The summed E-state index contributed by atoms with van der Waals surface area (Å²) in [6, 6.07) is -0.526. The Balaban J connectivity index is 1.59. The van der Waals surface area contributed by atoms with Crippen molar-refractivity contribution in [2.75, 3.05) is 19.4 Å². The zero-order chi connectivity index (χ0) is 21.0. The Morgan fingerprint density at radius 3 is 2.83 bits per heavy atom. The molecule has 2 saturated carbocycles. The van der Waals surface area contributed by atoms with Crippen LogP contribution in [-0.2, 0) is 4.79 Å². The lowest BCUT2D eigenvalue weighted by Crippen LogP contribution is -2.41. The quantitative estimate of drug-likeness (QED) is 0.422. The van der Waals surface area contributed by atoms with Crippen molar-refractivity contribution < 1.29 is 15.0 Å². The third kappa shape index (κ3) is 2.54. The number of fused-ring (bicyclic) bond motifs is 2. The summed E-state index contributed by atoms with van der Waals surface area (Å²) in [4.78, 5) is 29.9. The van der Waals surface area contributed by atoms with Gasteiger partial charge in [-0.2, -0.15) is 0 Å². The van der Waals surface area contributed by atoms with Crippen LogP contribution in [0.1, 0.15) is 23.3 Å². The maximum absolute atomic E-state index is 12.4. The molecule has 3 heterocycles. The number of carbonyl (C=O) groups excluding carboxylic acids is 1. The standard InChI is InChI=1S/C19H19N7O3S/c1-20-16-12-17(25-10(24-16)3-4-11-22-5-6-30-11)26(8-23-12)13-9-7-19(9,18(29)21-2)15(28)14(13)27/h5-6,8-9,13-15,27-28H,7H2,1-2H3,(H,21,29)(H,20,24,25)/t9-,13-,14-,15-,19+/m1/s1. The molecular weight excluding hydrogens is 406 g/mol. The van der Waals surface area contributed by atoms with E-state index in [2.05, 4.69) is 42.4 Å². The SMILES string of the molecule is CNC(=O)[C@@]12C[C@@H]1[C@@H](n1cnc3c(NC)nc(C#Cc4nccs4)nc31)[C@@H](O)[C@H]2O. The highest BCUT2D eigenvalue weighted by Crippen LogP contribution is 2.67. The highest BCUT2D eigenvalue weighted by Gasteiger charge is 2.75. The number of thiazole rings is 1. The summed E-state index contributed by atoms with van der Waals surface area (Å²) >= 11 is 1.42. The first-order valence-electron chi connectivity index (χ1n) is 9.43. The summed E-state index contributed by atoms with van der Waals surface area (Å²) in [7, 11) is 3.26. The Hall–Kier alpha value is -3.07. The van der Waals surface area contributed by atoms with Gasteiger partial charge >= 0.3 is 0 Å². The molecule has 0 aliphatic heterocycles. The fourth-order valence-electron chi connectivity index (χ4n) is 4.55. The second-order valence-electron chi connectivity index (χ2n) is 7.41. The molecule has 0 radical (unpaired) electrons. The average molecular weight is 425 g/mol. The van der Waals surface area contributed by atoms with E-state index < -0.39 is 23.7 Å². The molecular formula is C19H19N7O3S. The zero-order valence-corrected chi connectivity index (χ0v) is 17.0. The van der Waals surface area contributed by atoms with Crippen LogP contribution < -0.4 is 10.6 Å². The largest absolute Gasteiger partial charge is 0.389 e. The van der Waals surface area contributed by atoms with Gasteiger partial charge in [0, 0.05) is 31.6 Å². The first-order valence-corrected chi connectivity index (χ1v) is 10.3. The van der Waals surface area contributed by atoms with E-state index in [4.69, 9.17) is 0 Å². The number of hydrogen-bond acceptors (Lipinski definition) is 9. The minimum atomic E-state index is -1.15.